The van der Waals surface area contributed by atoms with E-state index < -0.39 is 17.7 Å². The van der Waals surface area contributed by atoms with Gasteiger partial charge in [-0.15, -0.1) is 11.3 Å². The van der Waals surface area contributed by atoms with Crippen LogP contribution in [-0.2, 0) is 33.4 Å². The van der Waals surface area contributed by atoms with Crippen molar-refractivity contribution in [2.45, 2.75) is 58.0 Å². The van der Waals surface area contributed by atoms with Crippen molar-refractivity contribution in [2.75, 3.05) is 30.8 Å². The lowest BCUT2D eigenvalue weighted by Gasteiger charge is -2.33. The van der Waals surface area contributed by atoms with Crippen molar-refractivity contribution < 1.29 is 27.6 Å². The van der Waals surface area contributed by atoms with Crippen LogP contribution in [0.1, 0.15) is 55.7 Å². The van der Waals surface area contributed by atoms with Crippen LogP contribution in [0.2, 0.25) is 5.02 Å². The Kier molecular flexibility index (Phi) is 9.26. The molecule has 2 N–H and O–H groups in total. The second kappa shape index (κ2) is 12.3. The first-order valence-electron chi connectivity index (χ1n) is 13.2. The van der Waals surface area contributed by atoms with Crippen LogP contribution in [0.3, 0.4) is 0 Å². The van der Waals surface area contributed by atoms with Crippen molar-refractivity contribution in [3.8, 4) is 0 Å². The summed E-state index contributed by atoms with van der Waals surface area (Å²) in [5.74, 6) is -0.688. The Morgan fingerprint density at radius 2 is 1.92 bits per heavy atom. The minimum Gasteiger partial charge on any atom is -0.386 e. The number of Topliss-reactive ketones (excluding diaryl/α,β-unsaturated/α-hetero) is 1. The molecule has 2 aliphatic rings. The molecule has 2 aliphatic heterocycles. The van der Waals surface area contributed by atoms with Crippen molar-refractivity contribution in [1.29, 1.82) is 0 Å². The van der Waals surface area contributed by atoms with E-state index in [2.05, 4.69) is 16.0 Å². The molecular formula is C28H33ClF3N3O3S. The SMILES string of the molecule is CNc1c(Cl)cc(C[C@@H](CC(=O)N2CCC(CC[C@H]3Cc4cscc4NC3=O)CC2)C(C)=O)cc1C(F)(F)F. The highest BCUT2D eigenvalue weighted by Crippen LogP contribution is 2.40. The molecule has 1 aromatic heterocycles. The van der Waals surface area contributed by atoms with Crippen LogP contribution in [0.25, 0.3) is 0 Å². The van der Waals surface area contributed by atoms with E-state index in [9.17, 15) is 27.6 Å². The molecule has 212 valence electrons. The number of anilines is 2. The zero-order valence-corrected chi connectivity index (χ0v) is 23.6. The lowest BCUT2D eigenvalue weighted by molar-refractivity contribution is -0.137. The number of hydrogen-bond donors (Lipinski definition) is 2. The summed E-state index contributed by atoms with van der Waals surface area (Å²) in [5.41, 5.74) is 1.27. The fourth-order valence-electron chi connectivity index (χ4n) is 5.57. The normalized spacial score (nSPS) is 18.9. The highest BCUT2D eigenvalue weighted by atomic mass is 35.5. The van der Waals surface area contributed by atoms with Gasteiger partial charge in [0.25, 0.3) is 0 Å². The van der Waals surface area contributed by atoms with E-state index in [1.165, 1.54) is 25.6 Å². The van der Waals surface area contributed by atoms with E-state index in [4.69, 9.17) is 11.6 Å². The number of benzene rings is 1. The summed E-state index contributed by atoms with van der Waals surface area (Å²) in [7, 11) is 1.36. The van der Waals surface area contributed by atoms with Gasteiger partial charge in [-0.25, -0.2) is 0 Å². The molecule has 0 radical (unpaired) electrons. The Bertz CT molecular complexity index is 1220. The Balaban J connectivity index is 1.30. The van der Waals surface area contributed by atoms with Crippen LogP contribution < -0.4 is 10.6 Å². The average molecular weight is 584 g/mol. The lowest BCUT2D eigenvalue weighted by Crippen LogP contribution is -2.40. The number of nitrogens with one attached hydrogen (secondary N) is 2. The molecule has 0 aliphatic carbocycles. The van der Waals surface area contributed by atoms with Crippen LogP contribution in [0.5, 0.6) is 0 Å². The molecule has 1 saturated heterocycles. The number of fused-ring (bicyclic) bond motifs is 1. The molecule has 39 heavy (non-hydrogen) atoms. The molecule has 2 amide bonds. The first kappa shape index (κ1) is 29.4. The minimum atomic E-state index is -4.61. The smallest absolute Gasteiger partial charge is 0.386 e. The zero-order chi connectivity index (χ0) is 28.3. The zero-order valence-electron chi connectivity index (χ0n) is 22.0. The van der Waals surface area contributed by atoms with Crippen LogP contribution >= 0.6 is 22.9 Å². The predicted molar refractivity (Wildman–Crippen MR) is 147 cm³/mol. The number of thiophene rings is 1. The molecule has 0 spiro atoms. The summed E-state index contributed by atoms with van der Waals surface area (Å²) in [6, 6.07) is 2.41. The first-order valence-corrected chi connectivity index (χ1v) is 14.5. The van der Waals surface area contributed by atoms with Crippen molar-refractivity contribution >= 4 is 51.9 Å². The van der Waals surface area contributed by atoms with Gasteiger partial charge >= 0.3 is 6.18 Å². The van der Waals surface area contributed by atoms with Gasteiger partial charge in [-0.2, -0.15) is 13.2 Å². The largest absolute Gasteiger partial charge is 0.418 e. The van der Waals surface area contributed by atoms with Gasteiger partial charge in [-0.3, -0.25) is 14.4 Å². The fourth-order valence-corrected chi connectivity index (χ4v) is 6.71. The van der Waals surface area contributed by atoms with Crippen molar-refractivity contribution in [2.24, 2.45) is 17.8 Å². The van der Waals surface area contributed by atoms with Gasteiger partial charge in [0.05, 0.1) is 22.0 Å². The maximum atomic E-state index is 13.6. The molecule has 0 saturated carbocycles. The Hall–Kier alpha value is -2.59. The number of halogens is 4. The number of hydrogen-bond acceptors (Lipinski definition) is 5. The summed E-state index contributed by atoms with van der Waals surface area (Å²) in [5, 5.41) is 9.43. The molecule has 0 bridgehead atoms. The van der Waals surface area contributed by atoms with Gasteiger partial charge in [-0.05, 0) is 80.0 Å². The topological polar surface area (TPSA) is 78.5 Å². The van der Waals surface area contributed by atoms with Gasteiger partial charge in [0.1, 0.15) is 5.78 Å². The highest BCUT2D eigenvalue weighted by Gasteiger charge is 2.35. The Labute approximate surface area is 235 Å². The van der Waals surface area contributed by atoms with Crippen molar-refractivity contribution in [3.63, 3.8) is 0 Å². The quantitative estimate of drug-likeness (QED) is 0.357. The number of nitrogens with zero attached hydrogens (tertiary/aromatic N) is 1. The summed E-state index contributed by atoms with van der Waals surface area (Å²) in [6.07, 6.45) is -0.534. The second-order valence-electron chi connectivity index (χ2n) is 10.6. The summed E-state index contributed by atoms with van der Waals surface area (Å²) < 4.78 is 40.7. The molecule has 0 unspecified atom stereocenters. The van der Waals surface area contributed by atoms with Gasteiger partial charge < -0.3 is 15.5 Å². The van der Waals surface area contributed by atoms with Crippen molar-refractivity contribution in [3.05, 3.63) is 44.6 Å². The lowest BCUT2D eigenvalue weighted by atomic mass is 9.85. The molecule has 3 heterocycles. The standard InChI is InChI=1S/C28H33ClF3N3O3S/c1-16(36)20(9-18-10-22(28(30,31)32)26(33-2)23(29)11-18)13-25(37)35-7-5-17(6-8-35)3-4-19-12-21-14-39-15-24(21)34-27(19)38/h10-11,14-15,17,19-20,33H,3-9,12-13H2,1-2H3,(H,34,38)/t19-,20-/m0/s1. The van der Waals surface area contributed by atoms with E-state index in [0.717, 1.165) is 43.9 Å². The molecule has 11 heteroatoms. The van der Waals surface area contributed by atoms with Crippen molar-refractivity contribution in [1.82, 2.24) is 4.90 Å². The predicted octanol–water partition coefficient (Wildman–Crippen LogP) is 6.43. The maximum Gasteiger partial charge on any atom is 0.418 e. The molecule has 1 fully saturated rings. The number of alkyl halides is 3. The highest BCUT2D eigenvalue weighted by molar-refractivity contribution is 7.08. The number of likely N-dealkylation sites (tertiary alicyclic amines) is 1. The summed E-state index contributed by atoms with van der Waals surface area (Å²) >= 11 is 7.69. The Morgan fingerprint density at radius 1 is 1.21 bits per heavy atom. The molecule has 6 nitrogen and oxygen atoms in total. The molecule has 4 rings (SSSR count). The number of piperidine rings is 1. The summed E-state index contributed by atoms with van der Waals surface area (Å²) in [4.78, 5) is 39.6. The number of ketones is 1. The third-order valence-corrected chi connectivity index (χ3v) is 9.00. The van der Waals surface area contributed by atoms with Gasteiger partial charge in [-0.1, -0.05) is 11.6 Å². The van der Waals surface area contributed by atoms with Crippen LogP contribution in [0.4, 0.5) is 24.5 Å². The van der Waals surface area contributed by atoms with Gasteiger partial charge in [0.15, 0.2) is 0 Å². The second-order valence-corrected chi connectivity index (χ2v) is 11.7. The minimum absolute atomic E-state index is 0.000368. The molecule has 1 aromatic carbocycles. The molecular weight excluding hydrogens is 551 g/mol. The van der Waals surface area contributed by atoms with Gasteiger partial charge in [0, 0.05) is 43.8 Å². The van der Waals surface area contributed by atoms with E-state index in [1.54, 1.807) is 16.2 Å². The monoisotopic (exact) mass is 583 g/mol. The third kappa shape index (κ3) is 7.14. The number of amides is 2. The maximum absolute atomic E-state index is 13.6. The summed E-state index contributed by atoms with van der Waals surface area (Å²) in [6.45, 7) is 2.50. The molecule has 2 atom stereocenters. The van der Waals surface area contributed by atoms with Crippen LogP contribution in [0.15, 0.2) is 22.9 Å². The number of rotatable bonds is 9. The number of carbonyl (C=O) groups is 3. The van der Waals surface area contributed by atoms with Crippen LogP contribution in [-0.4, -0.2) is 42.6 Å². The first-order chi connectivity index (χ1) is 18.5. The van der Waals surface area contributed by atoms with Crippen LogP contribution in [0, 0.1) is 17.8 Å². The average Bonchev–Trinajstić information content (AvgIpc) is 3.33. The Morgan fingerprint density at radius 3 is 2.56 bits per heavy atom. The molecule has 2 aromatic rings. The number of carbonyl (C=O) groups excluding carboxylic acids is 3. The van der Waals surface area contributed by atoms with E-state index in [0.29, 0.717) is 19.0 Å². The van der Waals surface area contributed by atoms with E-state index >= 15 is 0 Å². The van der Waals surface area contributed by atoms with E-state index in [1.807, 2.05) is 5.38 Å². The van der Waals surface area contributed by atoms with E-state index in [-0.39, 0.29) is 52.6 Å². The third-order valence-electron chi connectivity index (χ3n) is 7.91. The van der Waals surface area contributed by atoms with Gasteiger partial charge in [0.2, 0.25) is 11.8 Å². The fraction of sp³-hybridized carbons (Fsp3) is 0.536.